The number of rotatable bonds is 6. The Morgan fingerprint density at radius 3 is 2.67 bits per heavy atom. The van der Waals surface area contributed by atoms with E-state index in [4.69, 9.17) is 16.0 Å². The molecule has 0 fully saturated rings. The summed E-state index contributed by atoms with van der Waals surface area (Å²) in [4.78, 5) is 23.3. The van der Waals surface area contributed by atoms with Crippen molar-refractivity contribution in [2.75, 3.05) is 6.54 Å². The zero-order chi connectivity index (χ0) is 15.1. The van der Waals surface area contributed by atoms with Gasteiger partial charge in [0.1, 0.15) is 6.26 Å². The van der Waals surface area contributed by atoms with Crippen molar-refractivity contribution in [2.45, 2.75) is 13.0 Å². The number of carbonyl (C=O) groups is 2. The summed E-state index contributed by atoms with van der Waals surface area (Å²) in [5.74, 6) is -0.412. The molecule has 6 heteroatoms. The fourth-order valence-corrected chi connectivity index (χ4v) is 1.91. The normalized spacial score (nSPS) is 10.1. The maximum atomic E-state index is 11.7. The molecule has 2 aromatic rings. The molecule has 21 heavy (non-hydrogen) atoms. The molecule has 0 radical (unpaired) electrons. The van der Waals surface area contributed by atoms with E-state index in [0.29, 0.717) is 17.1 Å². The Balaban J connectivity index is 1.68. The predicted octanol–water partition coefficient (Wildman–Crippen LogP) is 2.37. The van der Waals surface area contributed by atoms with E-state index in [2.05, 4.69) is 10.6 Å². The van der Waals surface area contributed by atoms with Crippen molar-refractivity contribution < 1.29 is 14.0 Å². The molecule has 0 aliphatic carbocycles. The lowest BCUT2D eigenvalue weighted by molar-refractivity contribution is -0.121. The van der Waals surface area contributed by atoms with E-state index in [9.17, 15) is 9.59 Å². The van der Waals surface area contributed by atoms with Gasteiger partial charge in [-0.3, -0.25) is 9.59 Å². The number of carbonyl (C=O) groups excluding carboxylic acids is 2. The molecule has 0 spiro atoms. The minimum atomic E-state index is -0.261. The number of halogens is 1. The van der Waals surface area contributed by atoms with Crippen LogP contribution in [0, 0.1) is 0 Å². The molecule has 0 saturated carbocycles. The number of furan rings is 1. The summed E-state index contributed by atoms with van der Waals surface area (Å²) in [5.41, 5.74) is 1.29. The second kappa shape index (κ2) is 7.50. The predicted molar refractivity (Wildman–Crippen MR) is 79.0 cm³/mol. The molecule has 0 unspecified atom stereocenters. The average Bonchev–Trinajstić information content (AvgIpc) is 3.00. The SMILES string of the molecule is O=C(CCNC(=O)c1ccoc1)NCc1ccccc1Cl. The Kier molecular flexibility index (Phi) is 5.40. The maximum absolute atomic E-state index is 11.7. The van der Waals surface area contributed by atoms with Crippen molar-refractivity contribution in [2.24, 2.45) is 0 Å². The van der Waals surface area contributed by atoms with Crippen LogP contribution in [0.2, 0.25) is 5.02 Å². The monoisotopic (exact) mass is 306 g/mol. The van der Waals surface area contributed by atoms with Crippen LogP contribution in [0.15, 0.2) is 47.3 Å². The lowest BCUT2D eigenvalue weighted by Gasteiger charge is -2.07. The molecule has 0 atom stereocenters. The molecule has 0 aliphatic rings. The first kappa shape index (κ1) is 15.1. The van der Waals surface area contributed by atoms with Crippen LogP contribution in [0.5, 0.6) is 0 Å². The molecule has 110 valence electrons. The van der Waals surface area contributed by atoms with E-state index < -0.39 is 0 Å². The van der Waals surface area contributed by atoms with Gasteiger partial charge in [0, 0.05) is 24.5 Å². The van der Waals surface area contributed by atoms with Gasteiger partial charge in [-0.05, 0) is 17.7 Å². The van der Waals surface area contributed by atoms with Crippen LogP contribution in [-0.2, 0) is 11.3 Å². The van der Waals surface area contributed by atoms with Crippen molar-refractivity contribution in [3.05, 3.63) is 59.0 Å². The number of hydrogen-bond donors (Lipinski definition) is 2. The van der Waals surface area contributed by atoms with Gasteiger partial charge in [0.25, 0.3) is 5.91 Å². The lowest BCUT2D eigenvalue weighted by atomic mass is 10.2. The lowest BCUT2D eigenvalue weighted by Crippen LogP contribution is -2.30. The zero-order valence-corrected chi connectivity index (χ0v) is 12.0. The van der Waals surface area contributed by atoms with Gasteiger partial charge < -0.3 is 15.1 Å². The van der Waals surface area contributed by atoms with E-state index >= 15 is 0 Å². The molecule has 1 aromatic heterocycles. The van der Waals surface area contributed by atoms with Crippen LogP contribution in [0.25, 0.3) is 0 Å². The third kappa shape index (κ3) is 4.65. The molecule has 2 rings (SSSR count). The number of benzene rings is 1. The van der Waals surface area contributed by atoms with Gasteiger partial charge in [0.05, 0.1) is 11.8 Å². The third-order valence-corrected chi connectivity index (χ3v) is 3.22. The minimum absolute atomic E-state index is 0.151. The summed E-state index contributed by atoms with van der Waals surface area (Å²) in [5, 5.41) is 6.01. The van der Waals surface area contributed by atoms with E-state index in [-0.39, 0.29) is 24.8 Å². The molecule has 1 aromatic carbocycles. The Labute approximate surface area is 127 Å². The third-order valence-electron chi connectivity index (χ3n) is 2.85. The second-order valence-electron chi connectivity index (χ2n) is 4.39. The summed E-state index contributed by atoms with van der Waals surface area (Å²) in [7, 11) is 0. The van der Waals surface area contributed by atoms with E-state index in [1.54, 1.807) is 12.1 Å². The summed E-state index contributed by atoms with van der Waals surface area (Å²) in [6.07, 6.45) is 2.98. The Hall–Kier alpha value is -2.27. The van der Waals surface area contributed by atoms with E-state index in [0.717, 1.165) is 5.56 Å². The topological polar surface area (TPSA) is 71.3 Å². The molecular formula is C15H15ClN2O3. The van der Waals surface area contributed by atoms with Crippen molar-refractivity contribution >= 4 is 23.4 Å². The molecule has 0 saturated heterocycles. The van der Waals surface area contributed by atoms with Crippen molar-refractivity contribution in [3.63, 3.8) is 0 Å². The van der Waals surface area contributed by atoms with Crippen LogP contribution < -0.4 is 10.6 Å². The van der Waals surface area contributed by atoms with Crippen molar-refractivity contribution in [1.29, 1.82) is 0 Å². The van der Waals surface area contributed by atoms with Gasteiger partial charge in [-0.2, -0.15) is 0 Å². The summed E-state index contributed by atoms with van der Waals surface area (Å²) in [6, 6.07) is 8.88. The fraction of sp³-hybridized carbons (Fsp3) is 0.200. The largest absolute Gasteiger partial charge is 0.472 e. The number of amides is 2. The van der Waals surface area contributed by atoms with Gasteiger partial charge in [-0.25, -0.2) is 0 Å². The van der Waals surface area contributed by atoms with Crippen LogP contribution in [-0.4, -0.2) is 18.4 Å². The number of hydrogen-bond acceptors (Lipinski definition) is 3. The van der Waals surface area contributed by atoms with Crippen LogP contribution in [0.1, 0.15) is 22.3 Å². The molecule has 5 nitrogen and oxygen atoms in total. The summed E-state index contributed by atoms with van der Waals surface area (Å²) < 4.78 is 4.81. The Morgan fingerprint density at radius 1 is 1.14 bits per heavy atom. The Morgan fingerprint density at radius 2 is 1.95 bits per heavy atom. The van der Waals surface area contributed by atoms with Gasteiger partial charge in [-0.1, -0.05) is 29.8 Å². The fourth-order valence-electron chi connectivity index (χ4n) is 1.71. The molecule has 2 amide bonds. The molecule has 1 heterocycles. The van der Waals surface area contributed by atoms with Crippen LogP contribution >= 0.6 is 11.6 Å². The quantitative estimate of drug-likeness (QED) is 0.860. The zero-order valence-electron chi connectivity index (χ0n) is 11.3. The highest BCUT2D eigenvalue weighted by Gasteiger charge is 2.08. The highest BCUT2D eigenvalue weighted by atomic mass is 35.5. The minimum Gasteiger partial charge on any atom is -0.472 e. The highest BCUT2D eigenvalue weighted by Crippen LogP contribution is 2.14. The number of nitrogens with one attached hydrogen (secondary N) is 2. The first-order valence-electron chi connectivity index (χ1n) is 6.47. The molecule has 0 bridgehead atoms. The molecule has 2 N–H and O–H groups in total. The van der Waals surface area contributed by atoms with Gasteiger partial charge >= 0.3 is 0 Å². The Bertz CT molecular complexity index is 611. The highest BCUT2D eigenvalue weighted by molar-refractivity contribution is 6.31. The standard InChI is InChI=1S/C15H15ClN2O3/c16-13-4-2-1-3-11(13)9-18-14(19)5-7-17-15(20)12-6-8-21-10-12/h1-4,6,8,10H,5,7,9H2,(H,17,20)(H,18,19). The van der Waals surface area contributed by atoms with Crippen LogP contribution in [0.4, 0.5) is 0 Å². The van der Waals surface area contributed by atoms with Crippen LogP contribution in [0.3, 0.4) is 0 Å². The smallest absolute Gasteiger partial charge is 0.254 e. The first-order chi connectivity index (χ1) is 10.2. The van der Waals surface area contributed by atoms with Gasteiger partial charge in [-0.15, -0.1) is 0 Å². The summed E-state index contributed by atoms with van der Waals surface area (Å²) in [6.45, 7) is 0.632. The average molecular weight is 307 g/mol. The van der Waals surface area contributed by atoms with Gasteiger partial charge in [0.2, 0.25) is 5.91 Å². The molecular weight excluding hydrogens is 292 g/mol. The van der Waals surface area contributed by atoms with Gasteiger partial charge in [0.15, 0.2) is 0 Å². The second-order valence-corrected chi connectivity index (χ2v) is 4.79. The first-order valence-corrected chi connectivity index (χ1v) is 6.85. The van der Waals surface area contributed by atoms with E-state index in [1.165, 1.54) is 12.5 Å². The molecule has 0 aliphatic heterocycles. The van der Waals surface area contributed by atoms with E-state index in [1.807, 2.05) is 18.2 Å². The van der Waals surface area contributed by atoms with Crippen molar-refractivity contribution in [1.82, 2.24) is 10.6 Å². The van der Waals surface area contributed by atoms with Crippen molar-refractivity contribution in [3.8, 4) is 0 Å². The summed E-state index contributed by atoms with van der Waals surface area (Å²) >= 11 is 5.99. The maximum Gasteiger partial charge on any atom is 0.254 e.